The van der Waals surface area contributed by atoms with E-state index in [0.717, 1.165) is 28.1 Å². The summed E-state index contributed by atoms with van der Waals surface area (Å²) < 4.78 is 1.68. The summed E-state index contributed by atoms with van der Waals surface area (Å²) in [6, 6.07) is 14.4. The van der Waals surface area contributed by atoms with Crippen LogP contribution in [0.3, 0.4) is 0 Å². The third-order valence-corrected chi connectivity index (χ3v) is 5.42. The van der Waals surface area contributed by atoms with Crippen LogP contribution in [0.1, 0.15) is 16.7 Å². The van der Waals surface area contributed by atoms with Crippen LogP contribution in [0.4, 0.5) is 5.69 Å². The number of amides is 1. The molecule has 7 nitrogen and oxygen atoms in total. The lowest BCUT2D eigenvalue weighted by Gasteiger charge is -2.18. The molecule has 0 unspecified atom stereocenters. The normalized spacial score (nSPS) is 10.8. The van der Waals surface area contributed by atoms with E-state index < -0.39 is 0 Å². The van der Waals surface area contributed by atoms with Gasteiger partial charge in [0.05, 0.1) is 11.4 Å². The Morgan fingerprint density at radius 2 is 1.69 bits per heavy atom. The van der Waals surface area contributed by atoms with Crippen LogP contribution in [0.25, 0.3) is 5.69 Å². The van der Waals surface area contributed by atoms with Gasteiger partial charge in [0.15, 0.2) is 0 Å². The zero-order valence-corrected chi connectivity index (χ0v) is 18.3. The summed E-state index contributed by atoms with van der Waals surface area (Å²) in [7, 11) is 5.83. The van der Waals surface area contributed by atoms with Gasteiger partial charge in [-0.1, -0.05) is 30.0 Å². The number of thioether (sulfide) groups is 1. The Labute approximate surface area is 175 Å². The van der Waals surface area contributed by atoms with Crippen LogP contribution in [-0.4, -0.2) is 57.9 Å². The van der Waals surface area contributed by atoms with Gasteiger partial charge >= 0.3 is 0 Å². The Hall–Kier alpha value is -2.87. The van der Waals surface area contributed by atoms with Gasteiger partial charge in [0.1, 0.15) is 0 Å². The predicted molar refractivity (Wildman–Crippen MR) is 117 cm³/mol. The molecule has 0 fully saturated rings. The van der Waals surface area contributed by atoms with Crippen molar-refractivity contribution in [3.05, 3.63) is 59.2 Å². The highest BCUT2D eigenvalue weighted by Crippen LogP contribution is 2.21. The molecule has 0 bridgehead atoms. The van der Waals surface area contributed by atoms with Gasteiger partial charge in [-0.2, -0.15) is 4.68 Å². The predicted octanol–water partition coefficient (Wildman–Crippen LogP) is 3.10. The van der Waals surface area contributed by atoms with Gasteiger partial charge in [0.25, 0.3) is 0 Å². The highest BCUT2D eigenvalue weighted by Gasteiger charge is 2.15. The zero-order chi connectivity index (χ0) is 21.0. The van der Waals surface area contributed by atoms with E-state index in [1.54, 1.807) is 9.58 Å². The number of benzene rings is 2. The van der Waals surface area contributed by atoms with Crippen molar-refractivity contribution in [3.63, 3.8) is 0 Å². The molecular formula is C21H26N6OS. The summed E-state index contributed by atoms with van der Waals surface area (Å²) in [5.74, 6) is 0.305. The van der Waals surface area contributed by atoms with E-state index in [4.69, 9.17) is 0 Å². The van der Waals surface area contributed by atoms with E-state index in [9.17, 15) is 4.79 Å². The molecule has 0 aliphatic carbocycles. The fourth-order valence-corrected chi connectivity index (χ4v) is 3.83. The lowest BCUT2D eigenvalue weighted by Crippen LogP contribution is -2.28. The van der Waals surface area contributed by atoms with E-state index in [2.05, 4.69) is 38.6 Å². The molecule has 1 aromatic heterocycles. The van der Waals surface area contributed by atoms with Crippen molar-refractivity contribution in [2.45, 2.75) is 25.5 Å². The van der Waals surface area contributed by atoms with Gasteiger partial charge in [0.2, 0.25) is 11.1 Å². The van der Waals surface area contributed by atoms with E-state index in [-0.39, 0.29) is 11.7 Å². The summed E-state index contributed by atoms with van der Waals surface area (Å²) in [6.45, 7) is 4.64. The summed E-state index contributed by atoms with van der Waals surface area (Å²) >= 11 is 1.34. The van der Waals surface area contributed by atoms with Crippen molar-refractivity contribution in [1.82, 2.24) is 25.1 Å². The summed E-state index contributed by atoms with van der Waals surface area (Å²) in [4.78, 5) is 16.4. The molecule has 0 saturated carbocycles. The van der Waals surface area contributed by atoms with Gasteiger partial charge in [-0.3, -0.25) is 4.79 Å². The molecule has 1 heterocycles. The first kappa shape index (κ1) is 20.9. The number of aryl methyl sites for hydroxylation is 2. The molecular weight excluding hydrogens is 384 g/mol. The fraction of sp³-hybridized carbons (Fsp3) is 0.333. The first-order valence-electron chi connectivity index (χ1n) is 9.33. The Morgan fingerprint density at radius 1 is 1.03 bits per heavy atom. The molecule has 29 heavy (non-hydrogen) atoms. The lowest BCUT2D eigenvalue weighted by molar-refractivity contribution is -0.127. The number of anilines is 1. The van der Waals surface area contributed by atoms with Crippen LogP contribution in [-0.2, 0) is 11.3 Å². The van der Waals surface area contributed by atoms with Crippen molar-refractivity contribution in [2.75, 3.05) is 31.8 Å². The Morgan fingerprint density at radius 3 is 2.31 bits per heavy atom. The number of hydrogen-bond acceptors (Lipinski definition) is 6. The van der Waals surface area contributed by atoms with Crippen molar-refractivity contribution in [1.29, 1.82) is 0 Å². The van der Waals surface area contributed by atoms with Crippen LogP contribution in [0.2, 0.25) is 0 Å². The van der Waals surface area contributed by atoms with Crippen molar-refractivity contribution in [2.24, 2.45) is 0 Å². The highest BCUT2D eigenvalue weighted by atomic mass is 32.2. The monoisotopic (exact) mass is 410 g/mol. The minimum absolute atomic E-state index is 0.0293. The molecule has 8 heteroatoms. The van der Waals surface area contributed by atoms with Gasteiger partial charge in [0, 0.05) is 33.4 Å². The Kier molecular flexibility index (Phi) is 6.53. The lowest BCUT2D eigenvalue weighted by atomic mass is 10.1. The first-order chi connectivity index (χ1) is 13.8. The Bertz CT molecular complexity index is 963. The second-order valence-corrected chi connectivity index (χ2v) is 8.26. The average molecular weight is 411 g/mol. The van der Waals surface area contributed by atoms with Gasteiger partial charge in [-0.05, 0) is 65.2 Å². The third kappa shape index (κ3) is 5.35. The second-order valence-electron chi connectivity index (χ2n) is 7.32. The van der Waals surface area contributed by atoms with Crippen molar-refractivity contribution >= 4 is 23.4 Å². The molecule has 0 saturated heterocycles. The molecule has 0 aliphatic rings. The molecule has 0 spiro atoms. The average Bonchev–Trinajstić information content (AvgIpc) is 3.14. The smallest absolute Gasteiger partial charge is 0.233 e. The van der Waals surface area contributed by atoms with Crippen LogP contribution in [0.15, 0.2) is 47.6 Å². The summed E-state index contributed by atoms with van der Waals surface area (Å²) in [5, 5.41) is 12.6. The van der Waals surface area contributed by atoms with Crippen LogP contribution < -0.4 is 4.90 Å². The molecule has 0 atom stereocenters. The van der Waals surface area contributed by atoms with E-state index in [1.165, 1.54) is 11.8 Å². The Balaban J connectivity index is 1.61. The number of nitrogens with zero attached hydrogens (tertiary/aromatic N) is 6. The van der Waals surface area contributed by atoms with Gasteiger partial charge in [-0.15, -0.1) is 5.10 Å². The van der Waals surface area contributed by atoms with Crippen molar-refractivity contribution in [3.8, 4) is 5.69 Å². The number of hydrogen-bond donors (Lipinski definition) is 0. The minimum Gasteiger partial charge on any atom is -0.378 e. The van der Waals surface area contributed by atoms with E-state index in [0.29, 0.717) is 11.7 Å². The minimum atomic E-state index is 0.0293. The number of tetrazole rings is 1. The standard InChI is InChI=1S/C21H26N6OS/c1-15-10-16(2)12-19(11-15)27-21(22-23-24-27)29-14-20(28)26(5)13-17-6-8-18(9-7-17)25(3)4/h6-12H,13-14H2,1-5H3. The number of aromatic nitrogens is 4. The number of rotatable bonds is 7. The van der Waals surface area contributed by atoms with Crippen LogP contribution >= 0.6 is 11.8 Å². The number of carbonyl (C=O) groups excluding carboxylic acids is 1. The molecule has 3 rings (SSSR count). The summed E-state index contributed by atoms with van der Waals surface area (Å²) in [6.07, 6.45) is 0. The first-order valence-corrected chi connectivity index (χ1v) is 10.3. The fourth-order valence-electron chi connectivity index (χ4n) is 3.00. The van der Waals surface area contributed by atoms with E-state index in [1.807, 2.05) is 59.3 Å². The third-order valence-electron chi connectivity index (χ3n) is 4.51. The highest BCUT2D eigenvalue weighted by molar-refractivity contribution is 7.99. The SMILES string of the molecule is Cc1cc(C)cc(-n2nnnc2SCC(=O)N(C)Cc2ccc(N(C)C)cc2)c1. The topological polar surface area (TPSA) is 67.2 Å². The van der Waals surface area contributed by atoms with Crippen LogP contribution in [0.5, 0.6) is 0 Å². The zero-order valence-electron chi connectivity index (χ0n) is 17.5. The maximum atomic E-state index is 12.6. The molecule has 1 amide bonds. The maximum Gasteiger partial charge on any atom is 0.233 e. The molecule has 0 N–H and O–H groups in total. The maximum absolute atomic E-state index is 12.6. The van der Waals surface area contributed by atoms with Crippen molar-refractivity contribution < 1.29 is 4.79 Å². The molecule has 0 aliphatic heterocycles. The van der Waals surface area contributed by atoms with Gasteiger partial charge in [-0.25, -0.2) is 0 Å². The van der Waals surface area contributed by atoms with E-state index >= 15 is 0 Å². The molecule has 2 aromatic carbocycles. The summed E-state index contributed by atoms with van der Waals surface area (Å²) in [5.41, 5.74) is 5.41. The molecule has 0 radical (unpaired) electrons. The molecule has 3 aromatic rings. The quantitative estimate of drug-likeness (QED) is 0.558. The largest absolute Gasteiger partial charge is 0.378 e. The second kappa shape index (κ2) is 9.09. The van der Waals surface area contributed by atoms with Gasteiger partial charge < -0.3 is 9.80 Å². The molecule has 152 valence electrons. The van der Waals surface area contributed by atoms with Crippen LogP contribution in [0, 0.1) is 13.8 Å². The number of carbonyl (C=O) groups is 1.